The molecule has 0 fully saturated rings. The third-order valence-electron chi connectivity index (χ3n) is 7.80. The number of phosphoric acid groups is 1. The van der Waals surface area contributed by atoms with Gasteiger partial charge in [0.2, 0.25) is 0 Å². The highest BCUT2D eigenvalue weighted by molar-refractivity contribution is 7.48. The van der Waals surface area contributed by atoms with Gasteiger partial charge in [-0.05, 0) is 61.3 Å². The van der Waals surface area contributed by atoms with Gasteiger partial charge in [0.05, 0.1) is 0 Å². The normalized spacial score (nSPS) is 12.0. The summed E-state index contributed by atoms with van der Waals surface area (Å²) in [5.41, 5.74) is 7.04. The van der Waals surface area contributed by atoms with E-state index in [4.69, 9.17) is 14.8 Å². The topological polar surface area (TPSA) is 81.8 Å². The maximum atomic E-state index is 11.7. The van der Waals surface area contributed by atoms with E-state index in [-0.39, 0.29) is 17.0 Å². The lowest BCUT2D eigenvalue weighted by atomic mass is 9.82. The molecular weight excluding hydrogens is 553 g/mol. The Hall–Kier alpha value is -1.81. The van der Waals surface area contributed by atoms with Gasteiger partial charge in [-0.1, -0.05) is 155 Å². The second-order valence-corrected chi connectivity index (χ2v) is 14.9. The van der Waals surface area contributed by atoms with Gasteiger partial charge in [0, 0.05) is 5.54 Å². The summed E-state index contributed by atoms with van der Waals surface area (Å²) in [5.74, 6) is 3.11. The molecule has 6 heteroatoms. The van der Waals surface area contributed by atoms with Crippen LogP contribution in [0.25, 0.3) is 0 Å². The zero-order valence-electron chi connectivity index (χ0n) is 28.3. The molecule has 0 radical (unpaired) electrons. The van der Waals surface area contributed by atoms with Gasteiger partial charge in [-0.25, -0.2) is 4.57 Å². The van der Waals surface area contributed by atoms with Crippen molar-refractivity contribution in [2.24, 2.45) is 23.5 Å². The van der Waals surface area contributed by atoms with Crippen molar-refractivity contribution in [1.82, 2.24) is 0 Å². The van der Waals surface area contributed by atoms with Crippen LogP contribution in [-0.2, 0) is 4.57 Å². The van der Waals surface area contributed by atoms with E-state index in [1.807, 2.05) is 0 Å². The lowest BCUT2D eigenvalue weighted by Crippen LogP contribution is -2.39. The van der Waals surface area contributed by atoms with Crippen molar-refractivity contribution in [3.8, 4) is 11.5 Å². The summed E-state index contributed by atoms with van der Waals surface area (Å²) >= 11 is 0. The molecule has 0 aliphatic rings. The second-order valence-electron chi connectivity index (χ2n) is 13.6. The summed E-state index contributed by atoms with van der Waals surface area (Å²) in [6, 6.07) is 16.7. The molecule has 3 N–H and O–H groups in total. The Balaban J connectivity index is 0.000000465. The maximum absolute atomic E-state index is 11.7. The van der Waals surface area contributed by atoms with Crippen LogP contribution < -0.4 is 14.8 Å². The van der Waals surface area contributed by atoms with Gasteiger partial charge in [-0.2, -0.15) is 0 Å². The van der Waals surface area contributed by atoms with Crippen molar-refractivity contribution >= 4 is 7.82 Å². The van der Waals surface area contributed by atoms with Crippen LogP contribution in [0.2, 0.25) is 0 Å². The Bertz CT molecular complexity index is 874. The summed E-state index contributed by atoms with van der Waals surface area (Å²) in [5, 5.41) is 0. The quantitative estimate of drug-likeness (QED) is 0.101. The standard InChI is InChI=1S/C25H53N.C12H11O4P/c1-22(2)16-10-7-13-19-25(26,20-14-8-11-17-23(3)4)21-15-9-12-18-24(5)6;13-17(14,15-11-7-3-1-4-8-11)16-12-9-5-2-6-10-12/h22-24H,7-21,26H2,1-6H3;1-10H,(H,13,14). The van der Waals surface area contributed by atoms with Crippen molar-refractivity contribution in [1.29, 1.82) is 0 Å². The minimum Gasteiger partial charge on any atom is -0.395 e. The molecule has 43 heavy (non-hydrogen) atoms. The lowest BCUT2D eigenvalue weighted by Gasteiger charge is -2.30. The molecule has 0 amide bonds. The summed E-state index contributed by atoms with van der Waals surface area (Å²) in [6.45, 7) is 14.0. The Morgan fingerprint density at radius 2 is 0.884 bits per heavy atom. The molecule has 0 unspecified atom stereocenters. The van der Waals surface area contributed by atoms with Gasteiger partial charge in [-0.15, -0.1) is 0 Å². The van der Waals surface area contributed by atoms with Crippen molar-refractivity contribution in [3.05, 3.63) is 60.7 Å². The first kappa shape index (κ1) is 39.2. The van der Waals surface area contributed by atoms with Crippen molar-refractivity contribution in [2.75, 3.05) is 0 Å². The molecule has 0 aliphatic carbocycles. The zero-order valence-corrected chi connectivity index (χ0v) is 29.2. The van der Waals surface area contributed by atoms with Gasteiger partial charge in [-0.3, -0.25) is 4.89 Å². The fourth-order valence-corrected chi connectivity index (χ4v) is 6.06. The van der Waals surface area contributed by atoms with Gasteiger partial charge < -0.3 is 14.8 Å². The third kappa shape index (κ3) is 22.4. The van der Waals surface area contributed by atoms with Crippen LogP contribution in [0.4, 0.5) is 0 Å². The predicted octanol–water partition coefficient (Wildman–Crippen LogP) is 11.7. The van der Waals surface area contributed by atoms with E-state index in [1.54, 1.807) is 60.7 Å². The van der Waals surface area contributed by atoms with Gasteiger partial charge in [0.25, 0.3) is 0 Å². The molecule has 246 valence electrons. The Morgan fingerprint density at radius 3 is 1.16 bits per heavy atom. The van der Waals surface area contributed by atoms with Gasteiger partial charge in [0.15, 0.2) is 0 Å². The number of hydrogen-bond acceptors (Lipinski definition) is 4. The minimum absolute atomic E-state index is 0.119. The van der Waals surface area contributed by atoms with E-state index in [0.717, 1.165) is 17.8 Å². The van der Waals surface area contributed by atoms with Gasteiger partial charge >= 0.3 is 7.82 Å². The van der Waals surface area contributed by atoms with E-state index in [0.29, 0.717) is 0 Å². The third-order valence-corrected chi connectivity index (χ3v) is 8.68. The number of phosphoric ester groups is 1. The molecule has 0 atom stereocenters. The van der Waals surface area contributed by atoms with Crippen molar-refractivity contribution in [3.63, 3.8) is 0 Å². The molecule has 0 aromatic heterocycles. The van der Waals surface area contributed by atoms with Crippen molar-refractivity contribution < 1.29 is 18.5 Å². The average molecular weight is 618 g/mol. The molecule has 0 spiro atoms. The number of unbranched alkanes of at least 4 members (excludes halogenated alkanes) is 6. The number of nitrogens with two attached hydrogens (primary N) is 1. The van der Waals surface area contributed by atoms with Crippen LogP contribution in [0, 0.1) is 17.8 Å². The number of benzene rings is 2. The second kappa shape index (κ2) is 22.7. The van der Waals surface area contributed by atoms with Crippen LogP contribution in [0.1, 0.15) is 138 Å². The summed E-state index contributed by atoms with van der Waals surface area (Å²) in [7, 11) is -4.14. The molecule has 2 rings (SSSR count). The van der Waals surface area contributed by atoms with E-state index in [9.17, 15) is 9.46 Å². The fraction of sp³-hybridized carbons (Fsp3) is 0.676. The number of para-hydroxylation sites is 2. The SMILES string of the molecule is CC(C)CCCCCC(N)(CCCCCC(C)C)CCCCCC(C)C.O=P(O)(Oc1ccccc1)Oc1ccccc1. The predicted molar refractivity (Wildman–Crippen MR) is 185 cm³/mol. The Kier molecular flexibility index (Phi) is 20.7. The lowest BCUT2D eigenvalue weighted by molar-refractivity contribution is 0.291. The molecule has 5 nitrogen and oxygen atoms in total. The first-order chi connectivity index (χ1) is 20.4. The van der Waals surface area contributed by atoms with Crippen LogP contribution in [-0.4, -0.2) is 10.4 Å². The van der Waals surface area contributed by atoms with E-state index < -0.39 is 7.82 Å². The number of hydrogen-bond donors (Lipinski definition) is 2. The highest BCUT2D eigenvalue weighted by atomic mass is 31.2. The average Bonchev–Trinajstić information content (AvgIpc) is 2.93. The van der Waals surface area contributed by atoms with E-state index in [2.05, 4.69) is 41.5 Å². The molecular formula is C37H64NO4P. The first-order valence-electron chi connectivity index (χ1n) is 17.0. The maximum Gasteiger partial charge on any atom is 0.584 e. The monoisotopic (exact) mass is 617 g/mol. The Morgan fingerprint density at radius 1 is 0.581 bits per heavy atom. The Labute approximate surface area is 265 Å². The molecule has 0 bridgehead atoms. The number of rotatable bonds is 22. The first-order valence-corrected chi connectivity index (χ1v) is 18.5. The summed E-state index contributed by atoms with van der Waals surface area (Å²) in [6.07, 6.45) is 20.2. The summed E-state index contributed by atoms with van der Waals surface area (Å²) < 4.78 is 21.5. The highest BCUT2D eigenvalue weighted by Crippen LogP contribution is 2.44. The minimum atomic E-state index is -4.14. The van der Waals surface area contributed by atoms with Crippen LogP contribution in [0.5, 0.6) is 11.5 Å². The van der Waals surface area contributed by atoms with Crippen LogP contribution >= 0.6 is 7.82 Å². The van der Waals surface area contributed by atoms with Crippen molar-refractivity contribution in [2.45, 2.75) is 143 Å². The molecule has 2 aromatic rings. The highest BCUT2D eigenvalue weighted by Gasteiger charge is 2.25. The zero-order chi connectivity index (χ0) is 32.0. The molecule has 0 saturated carbocycles. The van der Waals surface area contributed by atoms with E-state index >= 15 is 0 Å². The molecule has 0 aliphatic heterocycles. The largest absolute Gasteiger partial charge is 0.584 e. The molecule has 0 saturated heterocycles. The van der Waals surface area contributed by atoms with Crippen LogP contribution in [0.3, 0.4) is 0 Å². The smallest absolute Gasteiger partial charge is 0.395 e. The van der Waals surface area contributed by atoms with Gasteiger partial charge in [0.1, 0.15) is 11.5 Å². The summed E-state index contributed by atoms with van der Waals surface area (Å²) in [4.78, 5) is 9.53. The molecule has 0 heterocycles. The molecule has 2 aromatic carbocycles. The van der Waals surface area contributed by atoms with Crippen LogP contribution in [0.15, 0.2) is 60.7 Å². The fourth-order valence-electron chi connectivity index (χ4n) is 5.24. The van der Waals surface area contributed by atoms with E-state index in [1.165, 1.54) is 96.3 Å².